The molecule has 22 heavy (non-hydrogen) atoms. The molecule has 0 amide bonds. The molecule has 0 radical (unpaired) electrons. The lowest BCUT2D eigenvalue weighted by atomic mass is 10.4. The number of hydrogen-bond acceptors (Lipinski definition) is 5. The van der Waals surface area contributed by atoms with Gasteiger partial charge in [0, 0.05) is 23.8 Å². The van der Waals surface area contributed by atoms with Crippen LogP contribution in [0.5, 0.6) is 0 Å². The Hall–Kier alpha value is -0.630. The standard InChI is InChI=1S/C11H18Cl2N3O5P/c1-8(5-12)14-22(19,15-9(2)6-13)20-7-10-3-4-11(21-10)16(17)18/h3-4,8-9H,5-7H2,1-2H3,(H2,14,15,19)/t8-,9-/m0/s1. The number of halogens is 2. The second kappa shape index (κ2) is 8.86. The third kappa shape index (κ3) is 6.24. The zero-order chi connectivity index (χ0) is 16.8. The number of hydrogen-bond donors (Lipinski definition) is 2. The van der Waals surface area contributed by atoms with E-state index in [1.807, 2.05) is 0 Å². The van der Waals surface area contributed by atoms with Gasteiger partial charge in [-0.15, -0.1) is 23.2 Å². The summed E-state index contributed by atoms with van der Waals surface area (Å²) < 4.78 is 23.0. The van der Waals surface area contributed by atoms with E-state index in [1.165, 1.54) is 12.1 Å². The van der Waals surface area contributed by atoms with E-state index in [0.717, 1.165) is 0 Å². The summed E-state index contributed by atoms with van der Waals surface area (Å²) in [5.74, 6) is 0.248. The molecule has 0 aliphatic carbocycles. The minimum absolute atomic E-state index is 0.188. The molecule has 0 saturated heterocycles. The van der Waals surface area contributed by atoms with Crippen LogP contribution < -0.4 is 10.2 Å². The molecule has 0 saturated carbocycles. The summed E-state index contributed by atoms with van der Waals surface area (Å²) >= 11 is 11.4. The Morgan fingerprint density at radius 1 is 1.32 bits per heavy atom. The van der Waals surface area contributed by atoms with Crippen LogP contribution in [-0.4, -0.2) is 28.8 Å². The zero-order valence-electron chi connectivity index (χ0n) is 12.1. The molecule has 1 aromatic heterocycles. The molecule has 0 fully saturated rings. The number of nitrogens with one attached hydrogen (secondary N) is 2. The van der Waals surface area contributed by atoms with E-state index in [4.69, 9.17) is 32.1 Å². The van der Waals surface area contributed by atoms with Crippen molar-refractivity contribution in [1.82, 2.24) is 10.2 Å². The van der Waals surface area contributed by atoms with Crippen LogP contribution >= 0.6 is 30.9 Å². The Kier molecular flexibility index (Phi) is 7.82. The molecule has 2 N–H and O–H groups in total. The molecule has 1 heterocycles. The zero-order valence-corrected chi connectivity index (χ0v) is 14.5. The molecule has 0 spiro atoms. The third-order valence-corrected chi connectivity index (χ3v) is 5.44. The van der Waals surface area contributed by atoms with Crippen LogP contribution in [0.15, 0.2) is 16.5 Å². The predicted octanol–water partition coefficient (Wildman–Crippen LogP) is 3.25. The number of rotatable bonds is 10. The molecular formula is C11H18Cl2N3O5P. The number of nitro groups is 1. The molecule has 0 bridgehead atoms. The molecule has 0 aliphatic rings. The lowest BCUT2D eigenvalue weighted by Crippen LogP contribution is -2.36. The van der Waals surface area contributed by atoms with E-state index in [1.54, 1.807) is 13.8 Å². The predicted molar refractivity (Wildman–Crippen MR) is 84.4 cm³/mol. The summed E-state index contributed by atoms with van der Waals surface area (Å²) in [6.45, 7) is 3.29. The molecule has 0 unspecified atom stereocenters. The van der Waals surface area contributed by atoms with Crippen molar-refractivity contribution in [2.45, 2.75) is 32.5 Å². The second-order valence-corrected chi connectivity index (χ2v) is 7.19. The molecule has 2 atom stereocenters. The van der Waals surface area contributed by atoms with E-state index in [2.05, 4.69) is 10.2 Å². The minimum atomic E-state index is -3.44. The van der Waals surface area contributed by atoms with Crippen LogP contribution in [0.2, 0.25) is 0 Å². The fourth-order valence-corrected chi connectivity index (χ4v) is 3.70. The highest BCUT2D eigenvalue weighted by atomic mass is 35.5. The van der Waals surface area contributed by atoms with Gasteiger partial charge in [0.2, 0.25) is 0 Å². The maximum atomic E-state index is 12.7. The Labute approximate surface area is 138 Å². The van der Waals surface area contributed by atoms with Crippen molar-refractivity contribution >= 4 is 36.8 Å². The summed E-state index contributed by atoms with van der Waals surface area (Å²) in [6.07, 6.45) is 0. The first-order valence-corrected chi connectivity index (χ1v) is 9.14. The Bertz CT molecular complexity index is 526. The maximum absolute atomic E-state index is 12.7. The van der Waals surface area contributed by atoms with Crippen LogP contribution in [0.1, 0.15) is 19.6 Å². The van der Waals surface area contributed by atoms with Crippen molar-refractivity contribution in [3.8, 4) is 0 Å². The highest BCUT2D eigenvalue weighted by Gasteiger charge is 2.28. The van der Waals surface area contributed by atoms with Gasteiger partial charge < -0.3 is 4.42 Å². The van der Waals surface area contributed by atoms with Gasteiger partial charge in [0.25, 0.3) is 0 Å². The molecule has 1 rings (SSSR count). The van der Waals surface area contributed by atoms with Gasteiger partial charge in [0.1, 0.15) is 17.3 Å². The monoisotopic (exact) mass is 373 g/mol. The summed E-state index contributed by atoms with van der Waals surface area (Å²) in [6, 6.07) is 2.05. The van der Waals surface area contributed by atoms with Gasteiger partial charge in [-0.2, -0.15) is 0 Å². The van der Waals surface area contributed by atoms with Gasteiger partial charge in [-0.1, -0.05) is 0 Å². The molecule has 126 valence electrons. The van der Waals surface area contributed by atoms with Gasteiger partial charge in [-0.3, -0.25) is 19.2 Å². The topological polar surface area (TPSA) is 107 Å². The van der Waals surface area contributed by atoms with Gasteiger partial charge in [0.05, 0.1) is 6.07 Å². The third-order valence-electron chi connectivity index (χ3n) is 2.46. The number of nitrogens with zero attached hydrogens (tertiary/aromatic N) is 1. The van der Waals surface area contributed by atoms with Gasteiger partial charge in [-0.25, -0.2) is 10.2 Å². The SMILES string of the molecule is C[C@@H](CCl)NP(=O)(N[C@@H](C)CCl)OCc1ccc([N+](=O)[O-])o1. The van der Waals surface area contributed by atoms with E-state index >= 15 is 0 Å². The lowest BCUT2D eigenvalue weighted by Gasteiger charge is -2.25. The average molecular weight is 374 g/mol. The van der Waals surface area contributed by atoms with E-state index in [-0.39, 0.29) is 36.2 Å². The van der Waals surface area contributed by atoms with Crippen molar-refractivity contribution in [1.29, 1.82) is 0 Å². The number of alkyl halides is 2. The van der Waals surface area contributed by atoms with Crippen molar-refractivity contribution in [3.63, 3.8) is 0 Å². The van der Waals surface area contributed by atoms with Crippen molar-refractivity contribution in [3.05, 3.63) is 28.0 Å². The molecule has 0 aliphatic heterocycles. The summed E-state index contributed by atoms with van der Waals surface area (Å²) in [4.78, 5) is 9.88. The van der Waals surface area contributed by atoms with E-state index in [0.29, 0.717) is 0 Å². The quantitative estimate of drug-likeness (QED) is 0.280. The highest BCUT2D eigenvalue weighted by molar-refractivity contribution is 7.54. The fourth-order valence-electron chi connectivity index (χ4n) is 1.46. The first kappa shape index (κ1) is 19.4. The molecule has 0 aromatic carbocycles. The van der Waals surface area contributed by atoms with Crippen LogP contribution in [0.4, 0.5) is 5.88 Å². The largest absolute Gasteiger partial charge is 0.433 e. The van der Waals surface area contributed by atoms with Crippen molar-refractivity contribution in [2.75, 3.05) is 11.8 Å². The smallest absolute Gasteiger partial charge is 0.403 e. The normalized spacial score (nSPS) is 14.7. The Morgan fingerprint density at radius 3 is 2.27 bits per heavy atom. The highest BCUT2D eigenvalue weighted by Crippen LogP contribution is 2.40. The maximum Gasteiger partial charge on any atom is 0.433 e. The first-order chi connectivity index (χ1) is 10.3. The first-order valence-electron chi connectivity index (χ1n) is 6.45. The van der Waals surface area contributed by atoms with Gasteiger partial charge in [-0.05, 0) is 19.9 Å². The lowest BCUT2D eigenvalue weighted by molar-refractivity contribution is -0.402. The van der Waals surface area contributed by atoms with Gasteiger partial charge in [0.15, 0.2) is 0 Å². The average Bonchev–Trinajstić information content (AvgIpc) is 2.94. The molecular weight excluding hydrogens is 356 g/mol. The summed E-state index contributed by atoms with van der Waals surface area (Å²) in [5.41, 5.74) is 0. The summed E-state index contributed by atoms with van der Waals surface area (Å²) in [7, 11) is -3.44. The molecule has 1 aromatic rings. The van der Waals surface area contributed by atoms with Crippen LogP contribution in [0.3, 0.4) is 0 Å². The van der Waals surface area contributed by atoms with Crippen LogP contribution in [0.25, 0.3) is 0 Å². The van der Waals surface area contributed by atoms with E-state index < -0.39 is 18.5 Å². The van der Waals surface area contributed by atoms with Crippen LogP contribution in [-0.2, 0) is 15.7 Å². The molecule has 11 heteroatoms. The van der Waals surface area contributed by atoms with Crippen LogP contribution in [0, 0.1) is 10.1 Å². The van der Waals surface area contributed by atoms with Gasteiger partial charge >= 0.3 is 13.6 Å². The van der Waals surface area contributed by atoms with Crippen molar-refractivity contribution in [2.24, 2.45) is 0 Å². The fraction of sp³-hybridized carbons (Fsp3) is 0.636. The Morgan fingerprint density at radius 2 is 1.86 bits per heavy atom. The van der Waals surface area contributed by atoms with Crippen molar-refractivity contribution < 1.29 is 18.4 Å². The Balaban J connectivity index is 2.74. The molecule has 8 nitrogen and oxygen atoms in total. The second-order valence-electron chi connectivity index (χ2n) is 4.69. The number of furan rings is 1. The van der Waals surface area contributed by atoms with E-state index in [9.17, 15) is 14.7 Å². The minimum Gasteiger partial charge on any atom is -0.403 e. The summed E-state index contributed by atoms with van der Waals surface area (Å²) in [5, 5.41) is 16.1.